The minimum Gasteiger partial charge on any atom is -0.480 e. The van der Waals surface area contributed by atoms with Crippen LogP contribution >= 0.6 is 0 Å². The van der Waals surface area contributed by atoms with E-state index in [1.165, 1.54) is 11.8 Å². The fraction of sp³-hybridized carbons (Fsp3) is 0.818. The van der Waals surface area contributed by atoms with E-state index in [-0.39, 0.29) is 5.92 Å². The predicted molar refractivity (Wildman–Crippen MR) is 63.0 cm³/mol. The van der Waals surface area contributed by atoms with E-state index in [1.807, 2.05) is 0 Å². The third-order valence-electron chi connectivity index (χ3n) is 3.22. The Morgan fingerprint density at radius 3 is 2.33 bits per heavy atom. The van der Waals surface area contributed by atoms with E-state index in [0.717, 1.165) is 0 Å². The van der Waals surface area contributed by atoms with E-state index in [4.69, 9.17) is 5.11 Å². The van der Waals surface area contributed by atoms with E-state index < -0.39 is 30.3 Å². The summed E-state index contributed by atoms with van der Waals surface area (Å²) in [5.74, 6) is -1.25. The first-order chi connectivity index (χ1) is 8.32. The number of carbonyl (C=O) groups excluding carboxylic acids is 1. The maximum absolute atomic E-state index is 11.8. The van der Waals surface area contributed by atoms with Crippen LogP contribution in [0, 0.1) is 5.92 Å². The summed E-state index contributed by atoms with van der Waals surface area (Å²) >= 11 is 0. The molecule has 2 amide bonds. The minimum atomic E-state index is -1.32. The van der Waals surface area contributed by atoms with Crippen LogP contribution in [-0.2, 0) is 4.79 Å². The molecule has 0 radical (unpaired) electrons. The molecule has 1 aliphatic heterocycles. The summed E-state index contributed by atoms with van der Waals surface area (Å²) in [5, 5.41) is 29.8. The average Bonchev–Trinajstić information content (AvgIpc) is 2.73. The Morgan fingerprint density at radius 2 is 1.94 bits per heavy atom. The van der Waals surface area contributed by atoms with E-state index in [9.17, 15) is 19.8 Å². The quantitative estimate of drug-likeness (QED) is 0.530. The smallest absolute Gasteiger partial charge is 0.328 e. The van der Waals surface area contributed by atoms with E-state index in [0.29, 0.717) is 19.5 Å². The summed E-state index contributed by atoms with van der Waals surface area (Å²) in [4.78, 5) is 24.1. The standard InChI is InChI=1S/C11H20N2O5/c1-6(14)8-3-4-13(5-8)11(18)12-9(7(2)15)10(16)17/h6-9,14-15H,3-5H2,1-2H3,(H,12,18)(H,16,17). The van der Waals surface area contributed by atoms with Gasteiger partial charge in [-0.05, 0) is 20.3 Å². The van der Waals surface area contributed by atoms with Gasteiger partial charge in [0.15, 0.2) is 6.04 Å². The molecule has 0 aliphatic carbocycles. The number of likely N-dealkylation sites (tertiary alicyclic amines) is 1. The molecule has 0 saturated carbocycles. The van der Waals surface area contributed by atoms with Gasteiger partial charge in [0.25, 0.3) is 0 Å². The lowest BCUT2D eigenvalue weighted by molar-refractivity contribution is -0.141. The summed E-state index contributed by atoms with van der Waals surface area (Å²) in [6.45, 7) is 3.85. The lowest BCUT2D eigenvalue weighted by Crippen LogP contribution is -2.52. The number of carboxylic acid groups (broad SMARTS) is 1. The van der Waals surface area contributed by atoms with Crippen molar-refractivity contribution in [2.24, 2.45) is 5.92 Å². The second-order valence-corrected chi connectivity index (χ2v) is 4.74. The maximum Gasteiger partial charge on any atom is 0.328 e. The van der Waals surface area contributed by atoms with Gasteiger partial charge in [-0.25, -0.2) is 9.59 Å². The molecular formula is C11H20N2O5. The van der Waals surface area contributed by atoms with Crippen LogP contribution < -0.4 is 5.32 Å². The van der Waals surface area contributed by atoms with Gasteiger partial charge in [-0.2, -0.15) is 0 Å². The first kappa shape index (κ1) is 14.7. The second-order valence-electron chi connectivity index (χ2n) is 4.74. The molecule has 4 atom stereocenters. The van der Waals surface area contributed by atoms with Gasteiger partial charge in [-0.1, -0.05) is 0 Å². The van der Waals surface area contributed by atoms with Crippen molar-refractivity contribution in [3.8, 4) is 0 Å². The van der Waals surface area contributed by atoms with Gasteiger partial charge in [-0.15, -0.1) is 0 Å². The highest BCUT2D eigenvalue weighted by atomic mass is 16.4. The van der Waals surface area contributed by atoms with Crippen LogP contribution in [0.1, 0.15) is 20.3 Å². The van der Waals surface area contributed by atoms with Crippen molar-refractivity contribution >= 4 is 12.0 Å². The second kappa shape index (κ2) is 6.01. The lowest BCUT2D eigenvalue weighted by Gasteiger charge is -2.22. The van der Waals surface area contributed by atoms with E-state index in [1.54, 1.807) is 6.92 Å². The summed E-state index contributed by atoms with van der Waals surface area (Å²) < 4.78 is 0. The Morgan fingerprint density at radius 1 is 1.33 bits per heavy atom. The van der Waals surface area contributed by atoms with Crippen LogP contribution in [0.5, 0.6) is 0 Å². The van der Waals surface area contributed by atoms with Gasteiger partial charge in [-0.3, -0.25) is 0 Å². The van der Waals surface area contributed by atoms with Crippen molar-refractivity contribution in [3.05, 3.63) is 0 Å². The average molecular weight is 260 g/mol. The molecule has 7 heteroatoms. The van der Waals surface area contributed by atoms with Crippen molar-refractivity contribution in [2.45, 2.75) is 38.5 Å². The number of aliphatic hydroxyl groups is 2. The van der Waals surface area contributed by atoms with Crippen molar-refractivity contribution in [3.63, 3.8) is 0 Å². The third kappa shape index (κ3) is 3.58. The fourth-order valence-corrected chi connectivity index (χ4v) is 1.98. The van der Waals surface area contributed by atoms with Crippen LogP contribution in [0.2, 0.25) is 0 Å². The molecule has 1 rings (SSSR count). The van der Waals surface area contributed by atoms with Crippen LogP contribution in [0.4, 0.5) is 4.79 Å². The van der Waals surface area contributed by atoms with E-state index >= 15 is 0 Å². The first-order valence-electron chi connectivity index (χ1n) is 5.97. The molecule has 4 N–H and O–H groups in total. The highest BCUT2D eigenvalue weighted by molar-refractivity contribution is 5.83. The number of carbonyl (C=O) groups is 2. The molecule has 0 aromatic heterocycles. The Balaban J connectivity index is 2.53. The number of aliphatic hydroxyl groups excluding tert-OH is 2. The molecule has 0 aromatic rings. The number of amides is 2. The summed E-state index contributed by atoms with van der Waals surface area (Å²) in [5.41, 5.74) is 0. The fourth-order valence-electron chi connectivity index (χ4n) is 1.98. The van der Waals surface area contributed by atoms with Gasteiger partial charge >= 0.3 is 12.0 Å². The number of nitrogens with zero attached hydrogens (tertiary/aromatic N) is 1. The molecule has 1 heterocycles. The van der Waals surface area contributed by atoms with Crippen LogP contribution in [0.3, 0.4) is 0 Å². The van der Waals surface area contributed by atoms with Crippen molar-refractivity contribution in [1.29, 1.82) is 0 Å². The molecule has 1 aliphatic rings. The normalized spacial score (nSPS) is 24.4. The highest BCUT2D eigenvalue weighted by Crippen LogP contribution is 2.19. The third-order valence-corrected chi connectivity index (χ3v) is 3.22. The van der Waals surface area contributed by atoms with Gasteiger partial charge in [0.2, 0.25) is 0 Å². The Hall–Kier alpha value is -1.34. The molecule has 0 bridgehead atoms. The summed E-state index contributed by atoms with van der Waals surface area (Å²) in [6.07, 6.45) is -0.964. The Bertz CT molecular complexity index is 319. The number of rotatable bonds is 4. The molecule has 7 nitrogen and oxygen atoms in total. The van der Waals surface area contributed by atoms with E-state index in [2.05, 4.69) is 5.32 Å². The van der Waals surface area contributed by atoms with Gasteiger partial charge in [0, 0.05) is 19.0 Å². The molecule has 0 spiro atoms. The number of aliphatic carboxylic acids is 1. The van der Waals surface area contributed by atoms with Crippen LogP contribution in [0.15, 0.2) is 0 Å². The zero-order valence-electron chi connectivity index (χ0n) is 10.5. The molecule has 18 heavy (non-hydrogen) atoms. The first-order valence-corrected chi connectivity index (χ1v) is 5.97. The Labute approximate surface area is 105 Å². The maximum atomic E-state index is 11.8. The number of urea groups is 1. The van der Waals surface area contributed by atoms with Gasteiger partial charge in [0.1, 0.15) is 0 Å². The monoisotopic (exact) mass is 260 g/mol. The number of carboxylic acids is 1. The van der Waals surface area contributed by atoms with Crippen LogP contribution in [0.25, 0.3) is 0 Å². The summed E-state index contributed by atoms with van der Waals surface area (Å²) in [6, 6.07) is -1.84. The molecule has 4 unspecified atom stereocenters. The zero-order valence-corrected chi connectivity index (χ0v) is 10.5. The zero-order chi connectivity index (χ0) is 13.9. The van der Waals surface area contributed by atoms with Crippen molar-refractivity contribution in [2.75, 3.05) is 13.1 Å². The predicted octanol–water partition coefficient (Wildman–Crippen LogP) is -0.767. The molecular weight excluding hydrogens is 240 g/mol. The molecule has 1 fully saturated rings. The van der Waals surface area contributed by atoms with Crippen molar-refractivity contribution < 1.29 is 24.9 Å². The summed E-state index contributed by atoms with van der Waals surface area (Å²) in [7, 11) is 0. The van der Waals surface area contributed by atoms with Crippen molar-refractivity contribution in [1.82, 2.24) is 10.2 Å². The van der Waals surface area contributed by atoms with Gasteiger partial charge in [0.05, 0.1) is 12.2 Å². The van der Waals surface area contributed by atoms with Gasteiger partial charge < -0.3 is 25.5 Å². The highest BCUT2D eigenvalue weighted by Gasteiger charge is 2.32. The largest absolute Gasteiger partial charge is 0.480 e. The minimum absolute atomic E-state index is 0.0191. The molecule has 0 aromatic carbocycles. The lowest BCUT2D eigenvalue weighted by atomic mass is 10.0. The Kier molecular flexibility index (Phi) is 4.92. The number of hydrogen-bond donors (Lipinski definition) is 4. The molecule has 104 valence electrons. The molecule has 1 saturated heterocycles. The topological polar surface area (TPSA) is 110 Å². The number of hydrogen-bond acceptors (Lipinski definition) is 4. The SMILES string of the molecule is CC(O)C1CCN(C(=O)NC(C(=O)O)C(C)O)C1. The number of nitrogens with one attached hydrogen (secondary N) is 1. The van der Waals surface area contributed by atoms with Crippen LogP contribution in [-0.4, -0.2) is 63.6 Å².